The normalized spacial score (nSPS) is 13.2. The van der Waals surface area contributed by atoms with Crippen molar-refractivity contribution in [1.29, 1.82) is 0 Å². The molecule has 1 unspecified atom stereocenters. The van der Waals surface area contributed by atoms with Crippen LogP contribution in [0.2, 0.25) is 0 Å². The van der Waals surface area contributed by atoms with E-state index in [0.29, 0.717) is 24.1 Å². The summed E-state index contributed by atoms with van der Waals surface area (Å²) >= 11 is 1.59. The first-order valence-electron chi connectivity index (χ1n) is 13.0. The molecular weight excluding hydrogens is 522 g/mol. The van der Waals surface area contributed by atoms with Gasteiger partial charge in [0.2, 0.25) is 5.78 Å². The number of carbonyl (C=O) groups excluding carboxylic acids is 4. The molecule has 1 heterocycles. The predicted octanol–water partition coefficient (Wildman–Crippen LogP) is 7.16. The Labute approximate surface area is 237 Å². The molecule has 200 valence electrons. The smallest absolute Gasteiger partial charge is 0.338 e. The molecule has 4 aromatic rings. The Morgan fingerprint density at radius 1 is 0.775 bits per heavy atom. The molecule has 0 spiro atoms. The molecule has 0 aliphatic carbocycles. The largest absolute Gasteiger partial charge is 0.450 e. The second-order valence-corrected chi connectivity index (χ2v) is 10.7. The number of hydrogen-bond donors (Lipinski definition) is 0. The number of aryl methyl sites for hydroxylation is 1. The maximum atomic E-state index is 13.3. The minimum absolute atomic E-state index is 0.105. The molecular formula is C33H27NO5S. The fourth-order valence-corrected chi connectivity index (χ4v) is 5.32. The van der Waals surface area contributed by atoms with E-state index in [2.05, 4.69) is 0 Å². The van der Waals surface area contributed by atoms with Crippen molar-refractivity contribution in [2.24, 2.45) is 0 Å². The van der Waals surface area contributed by atoms with Crippen molar-refractivity contribution in [3.63, 3.8) is 0 Å². The molecule has 5 rings (SSSR count). The van der Waals surface area contributed by atoms with E-state index < -0.39 is 23.9 Å². The van der Waals surface area contributed by atoms with E-state index in [4.69, 9.17) is 4.74 Å². The number of esters is 1. The molecule has 1 atom stereocenters. The van der Waals surface area contributed by atoms with Gasteiger partial charge < -0.3 is 4.74 Å². The molecule has 1 aliphatic rings. The van der Waals surface area contributed by atoms with Gasteiger partial charge in [-0.15, -0.1) is 0 Å². The van der Waals surface area contributed by atoms with Crippen LogP contribution in [0.5, 0.6) is 0 Å². The molecule has 0 radical (unpaired) electrons. The first-order valence-corrected chi connectivity index (χ1v) is 13.8. The average Bonchev–Trinajstić information content (AvgIpc) is 3.23. The molecule has 7 heteroatoms. The lowest BCUT2D eigenvalue weighted by Crippen LogP contribution is -2.29. The second-order valence-electron chi connectivity index (χ2n) is 9.53. The summed E-state index contributed by atoms with van der Waals surface area (Å²) in [5.41, 5.74) is 2.53. The van der Waals surface area contributed by atoms with Crippen molar-refractivity contribution in [3.05, 3.63) is 125 Å². The number of ketones is 1. The van der Waals surface area contributed by atoms with Gasteiger partial charge in [0.25, 0.3) is 11.8 Å². The number of hydrogen-bond acceptors (Lipinski definition) is 6. The van der Waals surface area contributed by atoms with Gasteiger partial charge in [-0.3, -0.25) is 14.4 Å². The number of rotatable bonds is 9. The van der Waals surface area contributed by atoms with Gasteiger partial charge in [-0.05, 0) is 67.9 Å². The van der Waals surface area contributed by atoms with E-state index in [1.165, 1.54) is 23.8 Å². The zero-order chi connectivity index (χ0) is 28.2. The topological polar surface area (TPSA) is 80.8 Å². The predicted molar refractivity (Wildman–Crippen MR) is 154 cm³/mol. The zero-order valence-corrected chi connectivity index (χ0v) is 22.9. The maximum Gasteiger partial charge on any atom is 0.338 e. The summed E-state index contributed by atoms with van der Waals surface area (Å²) in [4.78, 5) is 55.6. The fraction of sp³-hybridized carbons (Fsp3) is 0.152. The van der Waals surface area contributed by atoms with Crippen molar-refractivity contribution in [2.75, 3.05) is 4.90 Å². The summed E-state index contributed by atoms with van der Waals surface area (Å²) in [6.07, 6.45) is 0.0666. The van der Waals surface area contributed by atoms with Crippen LogP contribution in [-0.4, -0.2) is 29.7 Å². The summed E-state index contributed by atoms with van der Waals surface area (Å²) in [6.45, 7) is 3.94. The molecule has 0 fully saturated rings. The number of nitrogens with zero attached hydrogens (tertiary/aromatic N) is 1. The second kappa shape index (κ2) is 11.7. The Morgan fingerprint density at radius 2 is 1.40 bits per heavy atom. The molecule has 4 aromatic carbocycles. The maximum absolute atomic E-state index is 13.3. The zero-order valence-electron chi connectivity index (χ0n) is 22.1. The molecule has 40 heavy (non-hydrogen) atoms. The van der Waals surface area contributed by atoms with Crippen LogP contribution in [0.25, 0.3) is 0 Å². The van der Waals surface area contributed by atoms with Gasteiger partial charge >= 0.3 is 5.97 Å². The summed E-state index contributed by atoms with van der Waals surface area (Å²) in [5.74, 6) is -1.97. The Bertz CT molecular complexity index is 1580. The van der Waals surface area contributed by atoms with Crippen molar-refractivity contribution >= 4 is 41.0 Å². The number of benzene rings is 4. The van der Waals surface area contributed by atoms with E-state index in [1.54, 1.807) is 48.2 Å². The van der Waals surface area contributed by atoms with Crippen LogP contribution in [0.4, 0.5) is 5.69 Å². The third kappa shape index (κ3) is 5.60. The Morgan fingerprint density at radius 3 is 2.05 bits per heavy atom. The minimum atomic E-state index is -0.946. The summed E-state index contributed by atoms with van der Waals surface area (Å²) in [7, 11) is 0. The molecule has 1 aliphatic heterocycles. The number of ether oxygens (including phenoxy) is 1. The Kier molecular flexibility index (Phi) is 7.94. The van der Waals surface area contributed by atoms with E-state index >= 15 is 0 Å². The summed E-state index contributed by atoms with van der Waals surface area (Å²) in [5, 5.41) is 0. The van der Waals surface area contributed by atoms with Crippen molar-refractivity contribution in [3.8, 4) is 0 Å². The third-order valence-corrected chi connectivity index (χ3v) is 7.64. The van der Waals surface area contributed by atoms with Gasteiger partial charge in [-0.2, -0.15) is 0 Å². The SMILES string of the molecule is CCCC(OC(=O)c1ccc2c(c1)C(=O)N(c1ccc(Sc3ccc(C)cc3)cc1)C2=O)C(=O)c1ccccc1. The van der Waals surface area contributed by atoms with E-state index in [9.17, 15) is 19.2 Å². The van der Waals surface area contributed by atoms with Crippen LogP contribution in [0.1, 0.15) is 66.8 Å². The number of fused-ring (bicyclic) bond motifs is 1. The van der Waals surface area contributed by atoms with Crippen molar-refractivity contribution < 1.29 is 23.9 Å². The number of anilines is 1. The Hall–Kier alpha value is -4.49. The highest BCUT2D eigenvalue weighted by atomic mass is 32.2. The van der Waals surface area contributed by atoms with Gasteiger partial charge in [0.05, 0.1) is 22.4 Å². The van der Waals surface area contributed by atoms with Gasteiger partial charge in [0.1, 0.15) is 0 Å². The van der Waals surface area contributed by atoms with Gasteiger partial charge in [-0.1, -0.05) is 73.1 Å². The first kappa shape index (κ1) is 27.1. The number of Topliss-reactive ketones (excluding diaryl/α,β-unsaturated/α-hetero) is 1. The first-order chi connectivity index (χ1) is 19.4. The molecule has 0 N–H and O–H groups in total. The van der Waals surface area contributed by atoms with Gasteiger partial charge in [0.15, 0.2) is 6.10 Å². The lowest BCUT2D eigenvalue weighted by Gasteiger charge is -2.16. The monoisotopic (exact) mass is 549 g/mol. The van der Waals surface area contributed by atoms with Crippen LogP contribution in [0.15, 0.2) is 107 Å². The lowest BCUT2D eigenvalue weighted by atomic mass is 10.0. The molecule has 0 bridgehead atoms. The highest BCUT2D eigenvalue weighted by Gasteiger charge is 2.37. The van der Waals surface area contributed by atoms with Gasteiger partial charge in [0, 0.05) is 15.4 Å². The summed E-state index contributed by atoms with van der Waals surface area (Å²) in [6, 6.07) is 28.3. The fourth-order valence-electron chi connectivity index (χ4n) is 4.50. The van der Waals surface area contributed by atoms with E-state index in [1.807, 2.05) is 56.3 Å². The lowest BCUT2D eigenvalue weighted by molar-refractivity contribution is 0.0266. The van der Waals surface area contributed by atoms with Crippen molar-refractivity contribution in [2.45, 2.75) is 42.6 Å². The van der Waals surface area contributed by atoms with Crippen LogP contribution in [0.3, 0.4) is 0 Å². The third-order valence-electron chi connectivity index (χ3n) is 6.62. The molecule has 2 amide bonds. The number of carbonyl (C=O) groups is 4. The quantitative estimate of drug-likeness (QED) is 0.125. The minimum Gasteiger partial charge on any atom is -0.450 e. The van der Waals surface area contributed by atoms with Crippen LogP contribution in [-0.2, 0) is 4.74 Å². The molecule has 0 aromatic heterocycles. The standard InChI is InChI=1S/C33H27NO5S/c1-3-7-29(30(35)22-8-5-4-6-9-22)39-33(38)23-12-19-27-28(20-23)32(37)34(31(27)36)24-13-17-26(18-14-24)40-25-15-10-21(2)11-16-25/h4-6,8-20,29H,3,7H2,1-2H3. The number of imide groups is 1. The average molecular weight is 550 g/mol. The number of amides is 2. The van der Waals surface area contributed by atoms with E-state index in [-0.39, 0.29) is 22.5 Å². The highest BCUT2D eigenvalue weighted by Crippen LogP contribution is 2.33. The van der Waals surface area contributed by atoms with E-state index in [0.717, 1.165) is 14.7 Å². The molecule has 6 nitrogen and oxygen atoms in total. The van der Waals surface area contributed by atoms with Crippen molar-refractivity contribution in [1.82, 2.24) is 0 Å². The van der Waals surface area contributed by atoms with Gasteiger partial charge in [-0.25, -0.2) is 9.69 Å². The van der Waals surface area contributed by atoms with Crippen LogP contribution in [0, 0.1) is 6.92 Å². The Balaban J connectivity index is 1.32. The molecule has 0 saturated heterocycles. The van der Waals surface area contributed by atoms with Crippen LogP contribution >= 0.6 is 11.8 Å². The summed E-state index contributed by atoms with van der Waals surface area (Å²) < 4.78 is 5.59. The molecule has 0 saturated carbocycles. The van der Waals surface area contributed by atoms with Crippen LogP contribution < -0.4 is 4.90 Å². The highest BCUT2D eigenvalue weighted by molar-refractivity contribution is 7.99.